The van der Waals surface area contributed by atoms with Crippen molar-refractivity contribution in [2.75, 3.05) is 0 Å². The highest BCUT2D eigenvalue weighted by Crippen LogP contribution is 2.48. The minimum Gasteiger partial charge on any atom is -0.386 e. The molecule has 0 spiro atoms. The molecule has 2 aromatic rings. The second kappa shape index (κ2) is 7.50. The SMILES string of the molecule is CC1(CC(=O)CCCCc2nc3c(F)cc(C(C)(C)O)cc3n2C2CCC2)CC1. The molecule has 4 rings (SSSR count). The molecular formula is C24H33FN2O2. The fraction of sp³-hybridized carbons (Fsp3) is 0.667. The number of ketones is 1. The molecule has 1 N–H and O–H groups in total. The molecule has 0 amide bonds. The Morgan fingerprint density at radius 2 is 2.03 bits per heavy atom. The van der Waals surface area contributed by atoms with Gasteiger partial charge in [0.25, 0.3) is 0 Å². The van der Waals surface area contributed by atoms with Crippen molar-refractivity contribution < 1.29 is 14.3 Å². The number of carbonyl (C=O) groups excluding carboxylic acids is 1. The maximum Gasteiger partial charge on any atom is 0.151 e. The second-order valence-corrected chi connectivity index (χ2v) is 10.1. The van der Waals surface area contributed by atoms with E-state index in [2.05, 4.69) is 16.5 Å². The predicted octanol–water partition coefficient (Wildman–Crippen LogP) is 5.60. The van der Waals surface area contributed by atoms with Crippen LogP contribution >= 0.6 is 0 Å². The Labute approximate surface area is 172 Å². The maximum atomic E-state index is 14.8. The van der Waals surface area contributed by atoms with Crippen molar-refractivity contribution in [2.45, 2.75) is 96.6 Å². The first-order chi connectivity index (χ1) is 13.7. The minimum atomic E-state index is -1.09. The van der Waals surface area contributed by atoms with Crippen LogP contribution in [0.4, 0.5) is 4.39 Å². The van der Waals surface area contributed by atoms with E-state index in [1.54, 1.807) is 13.8 Å². The highest BCUT2D eigenvalue weighted by molar-refractivity contribution is 5.79. The van der Waals surface area contributed by atoms with Gasteiger partial charge in [0.1, 0.15) is 17.1 Å². The van der Waals surface area contributed by atoms with Crippen LogP contribution in [0.3, 0.4) is 0 Å². The third kappa shape index (κ3) is 4.40. The molecule has 2 saturated carbocycles. The summed E-state index contributed by atoms with van der Waals surface area (Å²) in [6.07, 6.45) is 9.59. The number of rotatable bonds is 9. The van der Waals surface area contributed by atoms with Crippen molar-refractivity contribution in [3.8, 4) is 0 Å². The van der Waals surface area contributed by atoms with E-state index in [-0.39, 0.29) is 11.2 Å². The summed E-state index contributed by atoms with van der Waals surface area (Å²) in [7, 11) is 0. The van der Waals surface area contributed by atoms with Gasteiger partial charge in [0, 0.05) is 25.3 Å². The molecule has 1 aromatic carbocycles. The smallest absolute Gasteiger partial charge is 0.151 e. The largest absolute Gasteiger partial charge is 0.386 e. The van der Waals surface area contributed by atoms with Gasteiger partial charge in [-0.25, -0.2) is 9.37 Å². The molecule has 1 aromatic heterocycles. The van der Waals surface area contributed by atoms with Crippen LogP contribution in [0.25, 0.3) is 11.0 Å². The lowest BCUT2D eigenvalue weighted by molar-refractivity contribution is -0.120. The molecule has 4 nitrogen and oxygen atoms in total. The number of Topliss-reactive ketones (excluding diaryl/α,β-unsaturated/α-hetero) is 1. The number of benzene rings is 1. The zero-order valence-electron chi connectivity index (χ0n) is 17.9. The summed E-state index contributed by atoms with van der Waals surface area (Å²) in [5.74, 6) is 0.920. The predicted molar refractivity (Wildman–Crippen MR) is 112 cm³/mol. The van der Waals surface area contributed by atoms with E-state index < -0.39 is 5.60 Å². The lowest BCUT2D eigenvalue weighted by Crippen LogP contribution is -2.20. The minimum absolute atomic E-state index is 0.283. The van der Waals surface area contributed by atoms with E-state index in [1.165, 1.54) is 25.3 Å². The van der Waals surface area contributed by atoms with Crippen LogP contribution in [-0.4, -0.2) is 20.4 Å². The molecule has 29 heavy (non-hydrogen) atoms. The molecule has 0 saturated heterocycles. The number of carbonyl (C=O) groups is 1. The maximum absolute atomic E-state index is 14.8. The topological polar surface area (TPSA) is 55.1 Å². The van der Waals surface area contributed by atoms with Crippen LogP contribution in [0.2, 0.25) is 0 Å². The average molecular weight is 401 g/mol. The number of aromatic nitrogens is 2. The zero-order chi connectivity index (χ0) is 20.8. The van der Waals surface area contributed by atoms with Gasteiger partial charge in [-0.15, -0.1) is 0 Å². The summed E-state index contributed by atoms with van der Waals surface area (Å²) >= 11 is 0. The number of halogens is 1. The number of nitrogens with zero attached hydrogens (tertiary/aromatic N) is 2. The van der Waals surface area contributed by atoms with Crippen LogP contribution in [0.5, 0.6) is 0 Å². The molecule has 2 fully saturated rings. The van der Waals surface area contributed by atoms with Crippen LogP contribution in [-0.2, 0) is 16.8 Å². The summed E-state index contributed by atoms with van der Waals surface area (Å²) in [5, 5.41) is 10.4. The molecule has 0 bridgehead atoms. The van der Waals surface area contributed by atoms with E-state index in [9.17, 15) is 14.3 Å². The van der Waals surface area contributed by atoms with Crippen molar-refractivity contribution in [1.82, 2.24) is 9.55 Å². The summed E-state index contributed by atoms with van der Waals surface area (Å²) in [4.78, 5) is 16.8. The van der Waals surface area contributed by atoms with Crippen molar-refractivity contribution in [3.63, 3.8) is 0 Å². The Bertz CT molecular complexity index is 917. The highest BCUT2D eigenvalue weighted by Gasteiger charge is 2.38. The third-order valence-corrected chi connectivity index (χ3v) is 6.80. The first-order valence-electron chi connectivity index (χ1n) is 11.1. The van der Waals surface area contributed by atoms with Gasteiger partial charge in [-0.1, -0.05) is 6.92 Å². The van der Waals surface area contributed by atoms with E-state index in [4.69, 9.17) is 0 Å². The Morgan fingerprint density at radius 3 is 2.62 bits per heavy atom. The Kier molecular flexibility index (Phi) is 5.30. The first-order valence-corrected chi connectivity index (χ1v) is 11.1. The van der Waals surface area contributed by atoms with Gasteiger partial charge in [-0.05, 0) is 81.9 Å². The van der Waals surface area contributed by atoms with E-state index >= 15 is 0 Å². The summed E-state index contributed by atoms with van der Waals surface area (Å²) in [6, 6.07) is 3.66. The number of hydrogen-bond acceptors (Lipinski definition) is 3. The monoisotopic (exact) mass is 400 g/mol. The van der Waals surface area contributed by atoms with E-state index in [0.29, 0.717) is 29.3 Å². The highest BCUT2D eigenvalue weighted by atomic mass is 19.1. The van der Waals surface area contributed by atoms with Crippen molar-refractivity contribution in [3.05, 3.63) is 29.3 Å². The number of aliphatic hydroxyl groups is 1. The Balaban J connectivity index is 1.50. The van der Waals surface area contributed by atoms with Gasteiger partial charge in [0.2, 0.25) is 0 Å². The van der Waals surface area contributed by atoms with Gasteiger partial charge in [-0.3, -0.25) is 4.79 Å². The number of hydrogen-bond donors (Lipinski definition) is 1. The molecule has 0 unspecified atom stereocenters. The summed E-state index contributed by atoms with van der Waals surface area (Å²) in [6.45, 7) is 5.55. The van der Waals surface area contributed by atoms with Crippen LogP contribution < -0.4 is 0 Å². The molecule has 1 heterocycles. The van der Waals surface area contributed by atoms with Crippen LogP contribution in [0.1, 0.15) is 96.0 Å². The van der Waals surface area contributed by atoms with Gasteiger partial charge >= 0.3 is 0 Å². The van der Waals surface area contributed by atoms with Crippen molar-refractivity contribution in [2.24, 2.45) is 5.41 Å². The summed E-state index contributed by atoms with van der Waals surface area (Å²) in [5.41, 5.74) is 0.957. The van der Waals surface area contributed by atoms with Crippen molar-refractivity contribution >= 4 is 16.8 Å². The molecule has 2 aliphatic rings. The number of imidazole rings is 1. The van der Waals surface area contributed by atoms with Crippen molar-refractivity contribution in [1.29, 1.82) is 0 Å². The molecular weight excluding hydrogens is 367 g/mol. The third-order valence-electron chi connectivity index (χ3n) is 6.80. The lowest BCUT2D eigenvalue weighted by Gasteiger charge is -2.29. The number of aryl methyl sites for hydroxylation is 1. The second-order valence-electron chi connectivity index (χ2n) is 10.1. The molecule has 5 heteroatoms. The zero-order valence-corrected chi connectivity index (χ0v) is 17.9. The van der Waals surface area contributed by atoms with Gasteiger partial charge < -0.3 is 9.67 Å². The van der Waals surface area contributed by atoms with E-state index in [0.717, 1.165) is 49.9 Å². The van der Waals surface area contributed by atoms with Crippen LogP contribution in [0, 0.1) is 11.2 Å². The molecule has 158 valence electrons. The fourth-order valence-corrected chi connectivity index (χ4v) is 4.34. The van der Waals surface area contributed by atoms with Crippen LogP contribution in [0.15, 0.2) is 12.1 Å². The first kappa shape index (κ1) is 20.5. The van der Waals surface area contributed by atoms with Gasteiger partial charge in [-0.2, -0.15) is 0 Å². The normalized spacial score (nSPS) is 18.8. The standard InChI is InChI=1S/C24H33FN2O2/c1-23(2,29)16-13-19(25)22-20(14-16)27(17-7-6-8-17)21(26-22)10-5-4-9-18(28)15-24(3)11-12-24/h13-14,17,29H,4-12,15H2,1-3H3. The molecule has 0 aliphatic heterocycles. The average Bonchev–Trinajstić information content (AvgIpc) is 3.19. The quantitative estimate of drug-likeness (QED) is 0.558. The molecule has 0 radical (unpaired) electrons. The van der Waals surface area contributed by atoms with Gasteiger partial charge in [0.05, 0.1) is 11.1 Å². The van der Waals surface area contributed by atoms with E-state index in [1.807, 2.05) is 6.07 Å². The molecule has 2 aliphatic carbocycles. The summed E-state index contributed by atoms with van der Waals surface area (Å²) < 4.78 is 17.0. The Morgan fingerprint density at radius 1 is 1.31 bits per heavy atom. The Hall–Kier alpha value is -1.75. The lowest BCUT2D eigenvalue weighted by atomic mass is 9.92. The number of unbranched alkanes of at least 4 members (excludes halogenated alkanes) is 1. The number of fused-ring (bicyclic) bond motifs is 1. The molecule has 0 atom stereocenters. The fourth-order valence-electron chi connectivity index (χ4n) is 4.34. The van der Waals surface area contributed by atoms with Gasteiger partial charge in [0.15, 0.2) is 5.82 Å².